The molecule has 2 aromatic rings. The molecule has 1 aliphatic carbocycles. The molecule has 3 aliphatic rings. The first kappa shape index (κ1) is 19.6. The third kappa shape index (κ3) is 3.72. The van der Waals surface area contributed by atoms with E-state index in [2.05, 4.69) is 52.3 Å². The molecule has 2 aliphatic heterocycles. The summed E-state index contributed by atoms with van der Waals surface area (Å²) in [6.45, 7) is 4.21. The van der Waals surface area contributed by atoms with Gasteiger partial charge in [0.2, 0.25) is 5.91 Å². The lowest BCUT2D eigenvalue weighted by Crippen LogP contribution is -2.53. The molecule has 30 heavy (non-hydrogen) atoms. The summed E-state index contributed by atoms with van der Waals surface area (Å²) in [7, 11) is 0. The average molecular weight is 401 g/mol. The van der Waals surface area contributed by atoms with E-state index >= 15 is 0 Å². The molecule has 2 atom stereocenters. The third-order valence-electron chi connectivity index (χ3n) is 7.61. The van der Waals surface area contributed by atoms with Crippen molar-refractivity contribution >= 4 is 12.0 Å². The number of hydrogen-bond acceptors (Lipinski definition) is 2. The fourth-order valence-electron chi connectivity index (χ4n) is 6.28. The van der Waals surface area contributed by atoms with Crippen molar-refractivity contribution < 1.29 is 4.79 Å². The Bertz CT molecular complexity index is 886. The lowest BCUT2D eigenvalue weighted by Gasteiger charge is -2.45. The molecular weight excluding hydrogens is 368 g/mol. The molecule has 3 nitrogen and oxygen atoms in total. The van der Waals surface area contributed by atoms with Crippen molar-refractivity contribution in [1.82, 2.24) is 9.80 Å². The highest BCUT2D eigenvalue weighted by Crippen LogP contribution is 2.51. The molecule has 0 radical (unpaired) electrons. The number of nitrogens with zero attached hydrogens (tertiary/aromatic N) is 2. The topological polar surface area (TPSA) is 23.6 Å². The Kier molecular flexibility index (Phi) is 5.47. The van der Waals surface area contributed by atoms with E-state index in [0.29, 0.717) is 11.8 Å². The summed E-state index contributed by atoms with van der Waals surface area (Å²) in [5.74, 6) is 1.45. The van der Waals surface area contributed by atoms with Crippen LogP contribution in [0.3, 0.4) is 0 Å². The van der Waals surface area contributed by atoms with E-state index in [1.807, 2.05) is 30.4 Å². The zero-order valence-electron chi connectivity index (χ0n) is 17.7. The Labute approximate surface area is 180 Å². The van der Waals surface area contributed by atoms with E-state index in [4.69, 9.17) is 0 Å². The molecule has 3 heteroatoms. The molecule has 0 N–H and O–H groups in total. The van der Waals surface area contributed by atoms with Crippen molar-refractivity contribution in [3.05, 3.63) is 77.9 Å². The van der Waals surface area contributed by atoms with Gasteiger partial charge in [0.05, 0.1) is 0 Å². The second-order valence-corrected chi connectivity index (χ2v) is 9.40. The predicted molar refractivity (Wildman–Crippen MR) is 122 cm³/mol. The maximum atomic E-state index is 13.3. The van der Waals surface area contributed by atoms with Crippen LogP contribution in [-0.4, -0.2) is 40.9 Å². The van der Waals surface area contributed by atoms with E-state index in [1.165, 1.54) is 37.7 Å². The van der Waals surface area contributed by atoms with Gasteiger partial charge in [-0.1, -0.05) is 79.9 Å². The van der Waals surface area contributed by atoms with Crippen LogP contribution in [0.4, 0.5) is 0 Å². The number of carbonyl (C=O) groups excluding carboxylic acids is 1. The smallest absolute Gasteiger partial charge is 0.247 e. The van der Waals surface area contributed by atoms with Crippen molar-refractivity contribution in [2.75, 3.05) is 19.6 Å². The lowest BCUT2D eigenvalue weighted by molar-refractivity contribution is -0.132. The predicted octanol–water partition coefficient (Wildman–Crippen LogP) is 4.99. The highest BCUT2D eigenvalue weighted by atomic mass is 16.2. The summed E-state index contributed by atoms with van der Waals surface area (Å²) in [6.07, 6.45) is 9.98. The van der Waals surface area contributed by atoms with Crippen LogP contribution < -0.4 is 0 Å². The molecule has 2 heterocycles. The van der Waals surface area contributed by atoms with Crippen LogP contribution in [0.2, 0.25) is 0 Å². The second-order valence-electron chi connectivity index (χ2n) is 9.40. The van der Waals surface area contributed by atoms with Crippen LogP contribution in [0.1, 0.15) is 43.2 Å². The summed E-state index contributed by atoms with van der Waals surface area (Å²) >= 11 is 0. The lowest BCUT2D eigenvalue weighted by atomic mass is 9.71. The summed E-state index contributed by atoms with van der Waals surface area (Å²) in [5.41, 5.74) is 2.57. The summed E-state index contributed by atoms with van der Waals surface area (Å²) in [6, 6.07) is 21.0. The zero-order chi connectivity index (χ0) is 20.4. The molecule has 0 aromatic heterocycles. The number of hydrogen-bond donors (Lipinski definition) is 0. The summed E-state index contributed by atoms with van der Waals surface area (Å²) < 4.78 is 0. The first-order valence-corrected chi connectivity index (χ1v) is 11.6. The Morgan fingerprint density at radius 2 is 1.60 bits per heavy atom. The Morgan fingerprint density at radius 3 is 2.33 bits per heavy atom. The number of fused-ring (bicyclic) bond motifs is 2. The van der Waals surface area contributed by atoms with Crippen molar-refractivity contribution in [3.63, 3.8) is 0 Å². The van der Waals surface area contributed by atoms with E-state index in [0.717, 1.165) is 31.7 Å². The molecule has 3 fully saturated rings. The molecule has 2 aromatic carbocycles. The van der Waals surface area contributed by atoms with Gasteiger partial charge < -0.3 is 4.90 Å². The van der Waals surface area contributed by atoms with Crippen molar-refractivity contribution in [3.8, 4) is 0 Å². The maximum absolute atomic E-state index is 13.3. The quantitative estimate of drug-likeness (QED) is 0.675. The minimum absolute atomic E-state index is 0.0759. The molecule has 156 valence electrons. The average Bonchev–Trinajstić information content (AvgIpc) is 3.31. The number of carbonyl (C=O) groups is 1. The van der Waals surface area contributed by atoms with Gasteiger partial charge in [0, 0.05) is 43.7 Å². The molecule has 2 saturated heterocycles. The highest BCUT2D eigenvalue weighted by Gasteiger charge is 2.57. The zero-order valence-corrected chi connectivity index (χ0v) is 17.7. The van der Waals surface area contributed by atoms with E-state index < -0.39 is 0 Å². The van der Waals surface area contributed by atoms with E-state index in [1.54, 1.807) is 0 Å². The van der Waals surface area contributed by atoms with Gasteiger partial charge in [0.15, 0.2) is 0 Å². The molecule has 1 amide bonds. The minimum atomic E-state index is 0.0759. The van der Waals surface area contributed by atoms with Crippen molar-refractivity contribution in [1.29, 1.82) is 0 Å². The van der Waals surface area contributed by atoms with Gasteiger partial charge >= 0.3 is 0 Å². The Morgan fingerprint density at radius 1 is 0.900 bits per heavy atom. The Hall–Kier alpha value is -2.39. The van der Waals surface area contributed by atoms with Crippen LogP contribution in [0.25, 0.3) is 6.08 Å². The molecular formula is C27H32N2O. The molecule has 0 unspecified atom stereocenters. The van der Waals surface area contributed by atoms with Gasteiger partial charge in [-0.3, -0.25) is 9.69 Å². The Balaban J connectivity index is 1.33. The van der Waals surface area contributed by atoms with Gasteiger partial charge in [-0.15, -0.1) is 0 Å². The molecule has 1 saturated carbocycles. The SMILES string of the molecule is O=C(/C=C/c1ccccc1)N1C[C@H]2CN(Cc3ccccc3)C[C@@H]2C12CCCCC2. The minimum Gasteiger partial charge on any atom is -0.333 e. The first-order valence-electron chi connectivity index (χ1n) is 11.6. The van der Waals surface area contributed by atoms with Crippen LogP contribution in [0.5, 0.6) is 0 Å². The fourth-order valence-corrected chi connectivity index (χ4v) is 6.28. The van der Waals surface area contributed by atoms with Crippen molar-refractivity contribution in [2.24, 2.45) is 11.8 Å². The maximum Gasteiger partial charge on any atom is 0.247 e. The normalized spacial score (nSPS) is 25.8. The first-order chi connectivity index (χ1) is 14.7. The van der Waals surface area contributed by atoms with Gasteiger partial charge in [-0.2, -0.15) is 0 Å². The van der Waals surface area contributed by atoms with Crippen LogP contribution in [0, 0.1) is 11.8 Å². The van der Waals surface area contributed by atoms with Gasteiger partial charge in [0.25, 0.3) is 0 Å². The van der Waals surface area contributed by atoms with Gasteiger partial charge in [-0.05, 0) is 36.0 Å². The highest BCUT2D eigenvalue weighted by molar-refractivity contribution is 5.92. The number of benzene rings is 2. The van der Waals surface area contributed by atoms with Gasteiger partial charge in [-0.25, -0.2) is 0 Å². The van der Waals surface area contributed by atoms with Gasteiger partial charge in [0.1, 0.15) is 0 Å². The largest absolute Gasteiger partial charge is 0.333 e. The van der Waals surface area contributed by atoms with E-state index in [9.17, 15) is 4.79 Å². The molecule has 0 bridgehead atoms. The summed E-state index contributed by atoms with van der Waals surface area (Å²) in [4.78, 5) is 18.2. The van der Waals surface area contributed by atoms with Crippen molar-refractivity contribution in [2.45, 2.75) is 44.2 Å². The number of likely N-dealkylation sites (tertiary alicyclic amines) is 2. The van der Waals surface area contributed by atoms with Crippen LogP contribution in [0.15, 0.2) is 66.7 Å². The number of amides is 1. The monoisotopic (exact) mass is 400 g/mol. The van der Waals surface area contributed by atoms with Crippen LogP contribution in [-0.2, 0) is 11.3 Å². The third-order valence-corrected chi connectivity index (χ3v) is 7.61. The summed E-state index contributed by atoms with van der Waals surface area (Å²) in [5, 5.41) is 0. The number of rotatable bonds is 4. The van der Waals surface area contributed by atoms with Crippen LogP contribution >= 0.6 is 0 Å². The molecule has 5 rings (SSSR count). The standard InChI is InChI=1S/C27H32N2O/c30-26(15-14-22-10-4-1-5-11-22)29-20-24-19-28(18-23-12-6-2-7-13-23)21-25(24)27(29)16-8-3-9-17-27/h1-2,4-7,10-15,24-25H,3,8-9,16-21H2/b15-14+/t24-,25+/m1/s1. The van der Waals surface area contributed by atoms with E-state index in [-0.39, 0.29) is 11.4 Å². The fraction of sp³-hybridized carbons (Fsp3) is 0.444. The molecule has 1 spiro atoms. The second kappa shape index (κ2) is 8.39.